The van der Waals surface area contributed by atoms with Gasteiger partial charge in [0.05, 0.1) is 0 Å². The maximum Gasteiger partial charge on any atom is 0.405 e. The summed E-state index contributed by atoms with van der Waals surface area (Å²) in [5, 5.41) is 1.58. The Labute approximate surface area is 123 Å². The van der Waals surface area contributed by atoms with Gasteiger partial charge in [0.15, 0.2) is 18.1 Å². The van der Waals surface area contributed by atoms with Gasteiger partial charge in [0, 0.05) is 0 Å². The lowest BCUT2D eigenvalue weighted by atomic mass is 10.2. The van der Waals surface area contributed by atoms with Crippen LogP contribution in [0.4, 0.5) is 13.2 Å². The van der Waals surface area contributed by atoms with Crippen molar-refractivity contribution in [2.24, 2.45) is 0 Å². The van der Waals surface area contributed by atoms with Crippen molar-refractivity contribution in [1.29, 1.82) is 0 Å². The number of esters is 1. The maximum atomic E-state index is 11.9. The second-order valence-corrected chi connectivity index (χ2v) is 4.36. The Hall–Kier alpha value is -2.45. The molecule has 1 aromatic rings. The van der Waals surface area contributed by atoms with Crippen molar-refractivity contribution in [1.82, 2.24) is 5.32 Å². The van der Waals surface area contributed by atoms with Gasteiger partial charge in [-0.25, -0.2) is 4.79 Å². The van der Waals surface area contributed by atoms with Crippen LogP contribution in [0.25, 0.3) is 0 Å². The zero-order valence-corrected chi connectivity index (χ0v) is 11.2. The first-order valence-corrected chi connectivity index (χ1v) is 6.24. The highest BCUT2D eigenvalue weighted by molar-refractivity contribution is 5.82. The predicted octanol–water partition coefficient (Wildman–Crippen LogP) is 1.05. The zero-order chi connectivity index (χ0) is 16.2. The van der Waals surface area contributed by atoms with Gasteiger partial charge < -0.3 is 19.5 Å². The van der Waals surface area contributed by atoms with Gasteiger partial charge in [-0.2, -0.15) is 13.2 Å². The van der Waals surface area contributed by atoms with Crippen LogP contribution < -0.4 is 14.8 Å². The highest BCUT2D eigenvalue weighted by Crippen LogP contribution is 2.31. The molecule has 0 spiro atoms. The third-order valence-electron chi connectivity index (χ3n) is 2.60. The number of benzene rings is 1. The number of halogens is 3. The van der Waals surface area contributed by atoms with E-state index in [0.717, 1.165) is 0 Å². The molecular weight excluding hydrogens is 307 g/mol. The first kappa shape index (κ1) is 15.9. The molecule has 0 saturated heterocycles. The lowest BCUT2D eigenvalue weighted by molar-refractivity contribution is -0.159. The molecule has 0 bridgehead atoms. The number of para-hydroxylation sites is 2. The highest BCUT2D eigenvalue weighted by atomic mass is 19.4. The summed E-state index contributed by atoms with van der Waals surface area (Å²) >= 11 is 0. The van der Waals surface area contributed by atoms with Crippen molar-refractivity contribution < 1.29 is 37.0 Å². The molecule has 0 radical (unpaired) electrons. The van der Waals surface area contributed by atoms with E-state index in [1.165, 1.54) is 0 Å². The van der Waals surface area contributed by atoms with E-state index in [4.69, 9.17) is 9.47 Å². The standard InChI is InChI=1S/C13H12F3NO5/c14-13(15,16)7-17-11(18)6-21-12(19)10-5-20-8-3-1-2-4-9(8)22-10/h1-4,10H,5-7H2,(H,17,18)/t10-/m1/s1. The minimum absolute atomic E-state index is 0.111. The van der Waals surface area contributed by atoms with Crippen LogP contribution in [-0.4, -0.2) is 43.9 Å². The molecule has 0 saturated carbocycles. The van der Waals surface area contributed by atoms with Crippen LogP contribution >= 0.6 is 0 Å². The number of nitrogens with one attached hydrogen (secondary N) is 1. The van der Waals surface area contributed by atoms with Gasteiger partial charge in [0.25, 0.3) is 5.91 Å². The summed E-state index contributed by atoms with van der Waals surface area (Å²) in [6.07, 6.45) is -5.60. The minimum Gasteiger partial charge on any atom is -0.485 e. The fourth-order valence-corrected chi connectivity index (χ4v) is 1.62. The van der Waals surface area contributed by atoms with E-state index in [-0.39, 0.29) is 6.61 Å². The van der Waals surface area contributed by atoms with Crippen molar-refractivity contribution in [2.45, 2.75) is 12.3 Å². The van der Waals surface area contributed by atoms with Crippen LogP contribution in [0.2, 0.25) is 0 Å². The van der Waals surface area contributed by atoms with Crippen molar-refractivity contribution in [3.8, 4) is 11.5 Å². The number of hydrogen-bond donors (Lipinski definition) is 1. The summed E-state index contributed by atoms with van der Waals surface area (Å²) in [7, 11) is 0. The molecule has 1 heterocycles. The van der Waals surface area contributed by atoms with Gasteiger partial charge >= 0.3 is 12.1 Å². The van der Waals surface area contributed by atoms with Gasteiger partial charge in [-0.15, -0.1) is 0 Å². The van der Waals surface area contributed by atoms with E-state index >= 15 is 0 Å². The number of ether oxygens (including phenoxy) is 3. The van der Waals surface area contributed by atoms with Crippen molar-refractivity contribution in [2.75, 3.05) is 19.8 Å². The van der Waals surface area contributed by atoms with Gasteiger partial charge in [-0.3, -0.25) is 4.79 Å². The summed E-state index contributed by atoms with van der Waals surface area (Å²) < 4.78 is 50.9. The molecule has 0 unspecified atom stereocenters. The summed E-state index contributed by atoms with van der Waals surface area (Å²) in [5.41, 5.74) is 0. The van der Waals surface area contributed by atoms with Gasteiger partial charge in [-0.05, 0) is 12.1 Å². The Bertz CT molecular complexity index is 561. The third kappa shape index (κ3) is 4.54. The number of amides is 1. The molecule has 120 valence electrons. The number of carbonyl (C=O) groups excluding carboxylic acids is 2. The van der Waals surface area contributed by atoms with Gasteiger partial charge in [0.1, 0.15) is 13.2 Å². The Morgan fingerprint density at radius 2 is 1.95 bits per heavy atom. The number of carbonyl (C=O) groups is 2. The van der Waals surface area contributed by atoms with Crippen LogP contribution in [0, 0.1) is 0 Å². The molecule has 1 atom stereocenters. The predicted molar refractivity (Wildman–Crippen MR) is 66.4 cm³/mol. The summed E-state index contributed by atoms with van der Waals surface area (Å²) in [6, 6.07) is 6.65. The van der Waals surface area contributed by atoms with Gasteiger partial charge in [0.2, 0.25) is 6.10 Å². The normalized spacial score (nSPS) is 16.8. The summed E-state index contributed by atoms with van der Waals surface area (Å²) in [6.45, 7) is -2.42. The fraction of sp³-hybridized carbons (Fsp3) is 0.385. The second-order valence-electron chi connectivity index (χ2n) is 4.36. The Morgan fingerprint density at radius 1 is 1.27 bits per heavy atom. The maximum absolute atomic E-state index is 11.9. The molecule has 0 aromatic heterocycles. The van der Waals surface area contributed by atoms with Crippen molar-refractivity contribution in [3.63, 3.8) is 0 Å². The Balaban J connectivity index is 1.78. The minimum atomic E-state index is -4.52. The van der Waals surface area contributed by atoms with E-state index in [2.05, 4.69) is 4.74 Å². The molecular formula is C13H12F3NO5. The average Bonchev–Trinajstić information content (AvgIpc) is 2.49. The molecule has 22 heavy (non-hydrogen) atoms. The van der Waals surface area contributed by atoms with Crippen LogP contribution in [0.5, 0.6) is 11.5 Å². The largest absolute Gasteiger partial charge is 0.485 e. The SMILES string of the molecule is O=C(COC(=O)[C@H]1COc2ccccc2O1)NCC(F)(F)F. The lowest BCUT2D eigenvalue weighted by Gasteiger charge is -2.24. The van der Waals surface area contributed by atoms with Gasteiger partial charge in [-0.1, -0.05) is 12.1 Å². The topological polar surface area (TPSA) is 73.9 Å². The molecule has 1 aromatic carbocycles. The number of alkyl halides is 3. The van der Waals surface area contributed by atoms with Crippen LogP contribution in [0.3, 0.4) is 0 Å². The van der Waals surface area contributed by atoms with E-state index in [0.29, 0.717) is 11.5 Å². The van der Waals surface area contributed by atoms with Crippen LogP contribution in [0.15, 0.2) is 24.3 Å². The molecule has 9 heteroatoms. The number of fused-ring (bicyclic) bond motifs is 1. The first-order valence-electron chi connectivity index (χ1n) is 6.24. The second kappa shape index (κ2) is 6.54. The van der Waals surface area contributed by atoms with Crippen molar-refractivity contribution >= 4 is 11.9 Å². The number of hydrogen-bond acceptors (Lipinski definition) is 5. The monoisotopic (exact) mass is 319 g/mol. The molecule has 1 aliphatic rings. The lowest BCUT2D eigenvalue weighted by Crippen LogP contribution is -2.41. The molecule has 2 rings (SSSR count). The summed E-state index contributed by atoms with van der Waals surface area (Å²) in [4.78, 5) is 22.8. The Morgan fingerprint density at radius 3 is 2.64 bits per heavy atom. The molecule has 0 aliphatic carbocycles. The van der Waals surface area contributed by atoms with E-state index in [9.17, 15) is 22.8 Å². The van der Waals surface area contributed by atoms with Crippen molar-refractivity contribution in [3.05, 3.63) is 24.3 Å². The van der Waals surface area contributed by atoms with E-state index < -0.39 is 37.3 Å². The third-order valence-corrected chi connectivity index (χ3v) is 2.60. The molecule has 0 fully saturated rings. The first-order chi connectivity index (χ1) is 10.3. The van der Waals surface area contributed by atoms with Crippen LogP contribution in [-0.2, 0) is 14.3 Å². The molecule has 1 aliphatic heterocycles. The van der Waals surface area contributed by atoms with E-state index in [1.54, 1.807) is 29.6 Å². The van der Waals surface area contributed by atoms with E-state index in [1.807, 2.05) is 0 Å². The average molecular weight is 319 g/mol. The molecule has 1 N–H and O–H groups in total. The highest BCUT2D eigenvalue weighted by Gasteiger charge is 2.30. The zero-order valence-electron chi connectivity index (χ0n) is 11.2. The fourth-order valence-electron chi connectivity index (χ4n) is 1.62. The molecule has 6 nitrogen and oxygen atoms in total. The van der Waals surface area contributed by atoms with Crippen LogP contribution in [0.1, 0.15) is 0 Å². The smallest absolute Gasteiger partial charge is 0.405 e. The molecule has 1 amide bonds. The Kier molecular flexibility index (Phi) is 4.74. The summed E-state index contributed by atoms with van der Waals surface area (Å²) in [5.74, 6) is -1.13. The quantitative estimate of drug-likeness (QED) is 0.840. The number of rotatable bonds is 4.